The quantitative estimate of drug-likeness (QED) is 0.633. The Labute approximate surface area is 130 Å². The number of aromatic nitrogens is 3. The molecule has 21 heavy (non-hydrogen) atoms. The van der Waals surface area contributed by atoms with E-state index in [0.717, 1.165) is 30.5 Å². The number of nitrogens with two attached hydrogens (primary N) is 1. The standard InChI is InChI=1S/C15H22ClN5/c1-10-14(11(2)21(3)20-10)5-4-13(19-17)8-12-6-7-18-9-15(12)16/h6-7,9,13,19H,4-5,8,17H2,1-3H3. The number of rotatable bonds is 6. The predicted molar refractivity (Wildman–Crippen MR) is 85.1 cm³/mol. The molecule has 0 bridgehead atoms. The van der Waals surface area contributed by atoms with E-state index in [1.54, 1.807) is 12.4 Å². The molecule has 2 aromatic rings. The van der Waals surface area contributed by atoms with Gasteiger partial charge >= 0.3 is 0 Å². The summed E-state index contributed by atoms with van der Waals surface area (Å²) in [6.07, 6.45) is 6.09. The van der Waals surface area contributed by atoms with E-state index < -0.39 is 0 Å². The van der Waals surface area contributed by atoms with Crippen molar-refractivity contribution in [3.05, 3.63) is 46.0 Å². The highest BCUT2D eigenvalue weighted by Gasteiger charge is 2.14. The van der Waals surface area contributed by atoms with Gasteiger partial charge < -0.3 is 0 Å². The van der Waals surface area contributed by atoms with Crippen molar-refractivity contribution in [2.45, 2.75) is 39.2 Å². The van der Waals surface area contributed by atoms with Crippen molar-refractivity contribution in [3.63, 3.8) is 0 Å². The number of pyridine rings is 1. The number of aryl methyl sites for hydroxylation is 2. The maximum absolute atomic E-state index is 6.15. The van der Waals surface area contributed by atoms with Crippen LogP contribution in [0.15, 0.2) is 18.5 Å². The average Bonchev–Trinajstić information content (AvgIpc) is 2.71. The van der Waals surface area contributed by atoms with E-state index in [4.69, 9.17) is 17.4 Å². The van der Waals surface area contributed by atoms with Crippen LogP contribution in [-0.2, 0) is 19.9 Å². The van der Waals surface area contributed by atoms with E-state index in [-0.39, 0.29) is 6.04 Å². The summed E-state index contributed by atoms with van der Waals surface area (Å²) in [7, 11) is 1.97. The third-order valence-corrected chi connectivity index (χ3v) is 4.30. The van der Waals surface area contributed by atoms with Crippen LogP contribution in [0.5, 0.6) is 0 Å². The van der Waals surface area contributed by atoms with Crippen LogP contribution >= 0.6 is 11.6 Å². The number of hydrogen-bond donors (Lipinski definition) is 2. The van der Waals surface area contributed by atoms with Gasteiger partial charge in [0, 0.05) is 31.2 Å². The number of hydrazine groups is 1. The van der Waals surface area contributed by atoms with Crippen LogP contribution in [0.4, 0.5) is 0 Å². The molecule has 2 heterocycles. The van der Waals surface area contributed by atoms with Crippen LogP contribution < -0.4 is 11.3 Å². The van der Waals surface area contributed by atoms with Gasteiger partial charge in [-0.15, -0.1) is 0 Å². The van der Waals surface area contributed by atoms with Crippen molar-refractivity contribution in [3.8, 4) is 0 Å². The zero-order valence-electron chi connectivity index (χ0n) is 12.7. The number of hydrogen-bond acceptors (Lipinski definition) is 4. The second kappa shape index (κ2) is 7.02. The van der Waals surface area contributed by atoms with E-state index in [0.29, 0.717) is 5.02 Å². The minimum absolute atomic E-state index is 0.170. The van der Waals surface area contributed by atoms with E-state index in [2.05, 4.69) is 22.4 Å². The number of nitrogens with one attached hydrogen (secondary N) is 1. The van der Waals surface area contributed by atoms with Gasteiger partial charge in [0.2, 0.25) is 0 Å². The molecule has 6 heteroatoms. The fourth-order valence-electron chi connectivity index (χ4n) is 2.58. The minimum atomic E-state index is 0.170. The summed E-state index contributed by atoms with van der Waals surface area (Å²) < 4.78 is 1.93. The third kappa shape index (κ3) is 3.81. The SMILES string of the molecule is Cc1nn(C)c(C)c1CCC(Cc1ccncc1Cl)NN. The molecule has 114 valence electrons. The van der Waals surface area contributed by atoms with Gasteiger partial charge in [-0.05, 0) is 50.3 Å². The predicted octanol–water partition coefficient (Wildman–Crippen LogP) is 2.09. The van der Waals surface area contributed by atoms with Crippen molar-refractivity contribution >= 4 is 11.6 Å². The van der Waals surface area contributed by atoms with Crippen molar-refractivity contribution in [1.29, 1.82) is 0 Å². The van der Waals surface area contributed by atoms with Crippen LogP contribution in [-0.4, -0.2) is 20.8 Å². The van der Waals surface area contributed by atoms with E-state index in [9.17, 15) is 0 Å². The molecule has 2 aromatic heterocycles. The summed E-state index contributed by atoms with van der Waals surface area (Å²) in [5.41, 5.74) is 7.56. The lowest BCUT2D eigenvalue weighted by Gasteiger charge is -2.16. The van der Waals surface area contributed by atoms with Gasteiger partial charge in [-0.25, -0.2) is 0 Å². The van der Waals surface area contributed by atoms with Crippen LogP contribution in [0.25, 0.3) is 0 Å². The van der Waals surface area contributed by atoms with Crippen LogP contribution in [0.1, 0.15) is 28.9 Å². The fourth-order valence-corrected chi connectivity index (χ4v) is 2.77. The van der Waals surface area contributed by atoms with Crippen LogP contribution in [0.2, 0.25) is 5.02 Å². The molecule has 5 nitrogen and oxygen atoms in total. The van der Waals surface area contributed by atoms with Crippen molar-refractivity contribution in [2.24, 2.45) is 12.9 Å². The lowest BCUT2D eigenvalue weighted by Crippen LogP contribution is -2.37. The molecular weight excluding hydrogens is 286 g/mol. The lowest BCUT2D eigenvalue weighted by molar-refractivity contribution is 0.490. The first-order valence-corrected chi connectivity index (χ1v) is 7.44. The molecule has 0 spiro atoms. The Balaban J connectivity index is 2.01. The van der Waals surface area contributed by atoms with Crippen molar-refractivity contribution in [1.82, 2.24) is 20.2 Å². The highest BCUT2D eigenvalue weighted by atomic mass is 35.5. The molecule has 0 fully saturated rings. The normalized spacial score (nSPS) is 12.6. The van der Waals surface area contributed by atoms with Crippen LogP contribution in [0.3, 0.4) is 0 Å². The Kier molecular flexibility index (Phi) is 5.33. The molecule has 0 aliphatic heterocycles. The number of nitrogens with zero attached hydrogens (tertiary/aromatic N) is 3. The summed E-state index contributed by atoms with van der Waals surface area (Å²) in [5, 5.41) is 5.13. The van der Waals surface area contributed by atoms with Gasteiger partial charge in [-0.1, -0.05) is 11.6 Å². The molecule has 0 aliphatic carbocycles. The molecule has 0 aromatic carbocycles. The second-order valence-corrected chi connectivity index (χ2v) is 5.75. The molecule has 0 saturated carbocycles. The summed E-state index contributed by atoms with van der Waals surface area (Å²) in [6.45, 7) is 4.15. The lowest BCUT2D eigenvalue weighted by atomic mass is 9.99. The molecule has 0 radical (unpaired) electrons. The summed E-state index contributed by atoms with van der Waals surface area (Å²) in [5.74, 6) is 5.69. The molecule has 0 aliphatic rings. The van der Waals surface area contributed by atoms with Gasteiger partial charge in [0.15, 0.2) is 0 Å². The first kappa shape index (κ1) is 15.9. The maximum Gasteiger partial charge on any atom is 0.0628 e. The monoisotopic (exact) mass is 307 g/mol. The van der Waals surface area contributed by atoms with Crippen LogP contribution in [0, 0.1) is 13.8 Å². The summed E-state index contributed by atoms with van der Waals surface area (Å²) >= 11 is 6.15. The van der Waals surface area contributed by atoms with Gasteiger partial charge in [0.1, 0.15) is 0 Å². The van der Waals surface area contributed by atoms with E-state index in [1.807, 2.05) is 24.7 Å². The molecule has 3 N–H and O–H groups in total. The minimum Gasteiger partial charge on any atom is -0.272 e. The molecular formula is C15H22ClN5. The largest absolute Gasteiger partial charge is 0.272 e. The Morgan fingerprint density at radius 1 is 1.43 bits per heavy atom. The maximum atomic E-state index is 6.15. The topological polar surface area (TPSA) is 68.8 Å². The first-order chi connectivity index (χ1) is 10.0. The molecule has 0 amide bonds. The highest BCUT2D eigenvalue weighted by molar-refractivity contribution is 6.31. The molecule has 1 unspecified atom stereocenters. The smallest absolute Gasteiger partial charge is 0.0628 e. The average molecular weight is 308 g/mol. The van der Waals surface area contributed by atoms with Gasteiger partial charge in [-0.2, -0.15) is 5.10 Å². The van der Waals surface area contributed by atoms with Gasteiger partial charge in [0.25, 0.3) is 0 Å². The number of halogens is 1. The van der Waals surface area contributed by atoms with E-state index >= 15 is 0 Å². The Morgan fingerprint density at radius 2 is 2.19 bits per heavy atom. The first-order valence-electron chi connectivity index (χ1n) is 7.06. The molecule has 1 atom stereocenters. The highest BCUT2D eigenvalue weighted by Crippen LogP contribution is 2.19. The summed E-state index contributed by atoms with van der Waals surface area (Å²) in [4.78, 5) is 4.00. The fraction of sp³-hybridized carbons (Fsp3) is 0.467. The summed E-state index contributed by atoms with van der Waals surface area (Å²) in [6, 6.07) is 2.11. The Bertz CT molecular complexity index is 608. The Morgan fingerprint density at radius 3 is 2.76 bits per heavy atom. The van der Waals surface area contributed by atoms with Crippen molar-refractivity contribution in [2.75, 3.05) is 0 Å². The Hall–Kier alpha value is -1.43. The third-order valence-electron chi connectivity index (χ3n) is 3.96. The molecule has 2 rings (SSSR count). The second-order valence-electron chi connectivity index (χ2n) is 5.35. The zero-order chi connectivity index (χ0) is 15.4. The van der Waals surface area contributed by atoms with Gasteiger partial charge in [0.05, 0.1) is 10.7 Å². The zero-order valence-corrected chi connectivity index (χ0v) is 13.5. The molecule has 0 saturated heterocycles. The van der Waals surface area contributed by atoms with Crippen molar-refractivity contribution < 1.29 is 0 Å². The van der Waals surface area contributed by atoms with Gasteiger partial charge in [-0.3, -0.25) is 20.9 Å². The van der Waals surface area contributed by atoms with E-state index in [1.165, 1.54) is 11.3 Å².